The monoisotopic (exact) mass is 329 g/mol. The number of sulfone groups is 1. The number of nitrogens with zero attached hydrogens (tertiary/aromatic N) is 1. The number of amides is 1. The Hall–Kier alpha value is -2.04. The molecule has 1 aromatic carbocycles. The molecule has 8 nitrogen and oxygen atoms in total. The number of benzene rings is 1. The van der Waals surface area contributed by atoms with Gasteiger partial charge in [-0.2, -0.15) is 4.99 Å². The number of halogens is 1. The Bertz CT molecular complexity index is 795. The van der Waals surface area contributed by atoms with Crippen LogP contribution < -0.4 is 11.5 Å². The number of nitrogens with two attached hydrogens (primary N) is 2. The number of ether oxygens (including phenoxy) is 2. The van der Waals surface area contributed by atoms with Crippen molar-refractivity contribution < 1.29 is 27.1 Å². The maximum absolute atomic E-state index is 14.2. The maximum Gasteiger partial charge on any atom is 0.283 e. The Balaban J connectivity index is 2.19. The first-order valence-electron chi connectivity index (χ1n) is 6.24. The molecule has 22 heavy (non-hydrogen) atoms. The molecular formula is C12H12FN3O5S. The SMILES string of the molecule is NC(N)=NC(=O)c1cc2c(cc1F)C1(CS2(=O)=O)OCCO1. The van der Waals surface area contributed by atoms with E-state index in [9.17, 15) is 17.6 Å². The Morgan fingerprint density at radius 2 is 1.91 bits per heavy atom. The van der Waals surface area contributed by atoms with E-state index in [1.807, 2.05) is 0 Å². The minimum Gasteiger partial charge on any atom is -0.370 e. The van der Waals surface area contributed by atoms with Crippen LogP contribution in [0.25, 0.3) is 0 Å². The van der Waals surface area contributed by atoms with Crippen molar-refractivity contribution >= 4 is 21.7 Å². The van der Waals surface area contributed by atoms with E-state index < -0.39 is 44.6 Å². The third-order valence-electron chi connectivity index (χ3n) is 3.41. The first-order valence-corrected chi connectivity index (χ1v) is 7.89. The highest BCUT2D eigenvalue weighted by Gasteiger charge is 2.52. The number of aliphatic imine (C=N–C) groups is 1. The summed E-state index contributed by atoms with van der Waals surface area (Å²) < 4.78 is 49.4. The van der Waals surface area contributed by atoms with Gasteiger partial charge in [-0.25, -0.2) is 12.8 Å². The Labute approximate surface area is 124 Å². The molecule has 1 fully saturated rings. The minimum absolute atomic E-state index is 0.0451. The van der Waals surface area contributed by atoms with Gasteiger partial charge < -0.3 is 20.9 Å². The van der Waals surface area contributed by atoms with Crippen molar-refractivity contribution in [3.63, 3.8) is 0 Å². The van der Waals surface area contributed by atoms with E-state index >= 15 is 0 Å². The lowest BCUT2D eigenvalue weighted by Gasteiger charge is -2.21. The van der Waals surface area contributed by atoms with Gasteiger partial charge in [0.2, 0.25) is 5.79 Å². The largest absolute Gasteiger partial charge is 0.370 e. The second kappa shape index (κ2) is 4.73. The molecule has 0 atom stereocenters. The van der Waals surface area contributed by atoms with Crippen molar-refractivity contribution in [2.24, 2.45) is 16.5 Å². The summed E-state index contributed by atoms with van der Waals surface area (Å²) in [6, 6.07) is 1.83. The predicted molar refractivity (Wildman–Crippen MR) is 72.2 cm³/mol. The quantitative estimate of drug-likeness (QED) is 0.392. The van der Waals surface area contributed by atoms with Gasteiger partial charge in [-0.15, -0.1) is 0 Å². The zero-order valence-electron chi connectivity index (χ0n) is 11.2. The third kappa shape index (κ3) is 2.16. The van der Waals surface area contributed by atoms with Crippen molar-refractivity contribution in [2.45, 2.75) is 10.7 Å². The van der Waals surface area contributed by atoms with Gasteiger partial charge in [0.15, 0.2) is 15.8 Å². The summed E-state index contributed by atoms with van der Waals surface area (Å²) in [4.78, 5) is 14.7. The molecule has 0 bridgehead atoms. The van der Waals surface area contributed by atoms with Crippen LogP contribution in [0.4, 0.5) is 4.39 Å². The van der Waals surface area contributed by atoms with Crippen molar-refractivity contribution in [2.75, 3.05) is 19.0 Å². The van der Waals surface area contributed by atoms with Gasteiger partial charge in [0.05, 0.1) is 23.7 Å². The van der Waals surface area contributed by atoms with E-state index in [-0.39, 0.29) is 23.7 Å². The molecule has 1 saturated heterocycles. The second-order valence-corrected chi connectivity index (χ2v) is 6.84. The molecule has 118 valence electrons. The third-order valence-corrected chi connectivity index (χ3v) is 5.18. The summed E-state index contributed by atoms with van der Waals surface area (Å²) >= 11 is 0. The highest BCUT2D eigenvalue weighted by atomic mass is 32.2. The number of hydrogen-bond acceptors (Lipinski definition) is 5. The van der Waals surface area contributed by atoms with Crippen LogP contribution in [0.1, 0.15) is 15.9 Å². The van der Waals surface area contributed by atoms with Crippen LogP contribution in [0.5, 0.6) is 0 Å². The molecule has 0 radical (unpaired) electrons. The van der Waals surface area contributed by atoms with E-state index in [4.69, 9.17) is 20.9 Å². The summed E-state index contributed by atoms with van der Waals surface area (Å²) in [5.74, 6) is -4.54. The summed E-state index contributed by atoms with van der Waals surface area (Å²) in [7, 11) is -3.78. The van der Waals surface area contributed by atoms with Crippen molar-refractivity contribution in [1.29, 1.82) is 0 Å². The first kappa shape index (κ1) is 14.9. The van der Waals surface area contributed by atoms with Crippen LogP contribution in [-0.4, -0.2) is 39.3 Å². The molecule has 3 rings (SSSR count). The highest BCUT2D eigenvalue weighted by molar-refractivity contribution is 7.91. The van der Waals surface area contributed by atoms with Crippen LogP contribution in [0.15, 0.2) is 22.0 Å². The molecule has 0 unspecified atom stereocenters. The van der Waals surface area contributed by atoms with E-state index in [1.54, 1.807) is 0 Å². The molecule has 4 N–H and O–H groups in total. The summed E-state index contributed by atoms with van der Waals surface area (Å²) in [5.41, 5.74) is 9.64. The van der Waals surface area contributed by atoms with Crippen molar-refractivity contribution in [3.05, 3.63) is 29.1 Å². The van der Waals surface area contributed by atoms with Crippen LogP contribution in [-0.2, 0) is 25.1 Å². The van der Waals surface area contributed by atoms with Gasteiger partial charge >= 0.3 is 0 Å². The summed E-state index contributed by atoms with van der Waals surface area (Å²) in [6.45, 7) is 0.399. The lowest BCUT2D eigenvalue weighted by Crippen LogP contribution is -2.29. The molecular weight excluding hydrogens is 317 g/mol. The average Bonchev–Trinajstić information content (AvgIpc) is 2.93. The molecule has 1 amide bonds. The van der Waals surface area contributed by atoms with Gasteiger partial charge in [-0.1, -0.05) is 0 Å². The molecule has 0 aromatic heterocycles. The summed E-state index contributed by atoms with van der Waals surface area (Å²) in [6.07, 6.45) is 0. The lowest BCUT2D eigenvalue weighted by molar-refractivity contribution is -0.145. The highest BCUT2D eigenvalue weighted by Crippen LogP contribution is 2.44. The fraction of sp³-hybridized carbons (Fsp3) is 0.333. The topological polar surface area (TPSA) is 134 Å². The van der Waals surface area contributed by atoms with Crippen LogP contribution >= 0.6 is 0 Å². The van der Waals surface area contributed by atoms with E-state index in [1.165, 1.54) is 0 Å². The number of guanidine groups is 1. The standard InChI is InChI=1S/C12H12FN3O5S/c13-8-4-7-9(3-6(8)10(17)16-11(14)15)22(18,19)5-12(7)20-1-2-21-12/h3-4H,1-2,5H2,(H4,14,15,16,17). The fourth-order valence-electron chi connectivity index (χ4n) is 2.55. The van der Waals surface area contributed by atoms with E-state index in [0.29, 0.717) is 0 Å². The fourth-order valence-corrected chi connectivity index (χ4v) is 4.37. The molecule has 0 aliphatic carbocycles. The summed E-state index contributed by atoms with van der Waals surface area (Å²) in [5, 5.41) is 0. The Kier molecular flexibility index (Phi) is 3.20. The first-order chi connectivity index (χ1) is 10.3. The molecule has 1 spiro atoms. The number of carbonyl (C=O) groups is 1. The normalized spacial score (nSPS) is 20.8. The Morgan fingerprint density at radius 1 is 1.27 bits per heavy atom. The molecule has 0 saturated carbocycles. The smallest absolute Gasteiger partial charge is 0.283 e. The molecule has 1 aromatic rings. The zero-order chi connectivity index (χ0) is 16.1. The number of carbonyl (C=O) groups excluding carboxylic acids is 1. The number of fused-ring (bicyclic) bond motifs is 2. The molecule has 2 heterocycles. The molecule has 2 aliphatic rings. The van der Waals surface area contributed by atoms with Crippen molar-refractivity contribution in [3.8, 4) is 0 Å². The van der Waals surface area contributed by atoms with Gasteiger partial charge in [0.1, 0.15) is 11.6 Å². The van der Waals surface area contributed by atoms with Gasteiger partial charge in [0, 0.05) is 5.56 Å². The van der Waals surface area contributed by atoms with Gasteiger partial charge in [-0.3, -0.25) is 4.79 Å². The van der Waals surface area contributed by atoms with Crippen LogP contribution in [0.3, 0.4) is 0 Å². The number of hydrogen-bond donors (Lipinski definition) is 2. The van der Waals surface area contributed by atoms with E-state index in [2.05, 4.69) is 4.99 Å². The average molecular weight is 329 g/mol. The predicted octanol–water partition coefficient (Wildman–Crippen LogP) is -0.774. The molecule has 10 heteroatoms. The van der Waals surface area contributed by atoms with Crippen LogP contribution in [0, 0.1) is 5.82 Å². The number of rotatable bonds is 1. The van der Waals surface area contributed by atoms with Crippen LogP contribution in [0.2, 0.25) is 0 Å². The maximum atomic E-state index is 14.2. The minimum atomic E-state index is -3.78. The van der Waals surface area contributed by atoms with Gasteiger partial charge in [0.25, 0.3) is 5.91 Å². The van der Waals surface area contributed by atoms with E-state index in [0.717, 1.165) is 12.1 Å². The zero-order valence-corrected chi connectivity index (χ0v) is 12.0. The van der Waals surface area contributed by atoms with Crippen molar-refractivity contribution in [1.82, 2.24) is 0 Å². The second-order valence-electron chi connectivity index (χ2n) is 4.88. The lowest BCUT2D eigenvalue weighted by atomic mass is 10.0. The Morgan fingerprint density at radius 3 is 2.50 bits per heavy atom. The molecule has 2 aliphatic heterocycles. The van der Waals surface area contributed by atoms with Gasteiger partial charge in [-0.05, 0) is 12.1 Å².